The molecule has 0 saturated heterocycles. The van der Waals surface area contributed by atoms with Gasteiger partial charge in [0, 0.05) is 17.5 Å². The number of para-hydroxylation sites is 1. The van der Waals surface area contributed by atoms with Crippen LogP contribution in [0.25, 0.3) is 0 Å². The van der Waals surface area contributed by atoms with Crippen LogP contribution < -0.4 is 5.32 Å². The number of nitrogens with zero attached hydrogens (tertiary/aromatic N) is 1. The third-order valence-corrected chi connectivity index (χ3v) is 2.47. The highest BCUT2D eigenvalue weighted by Gasteiger charge is 2.30. The number of hydrogen-bond donors (Lipinski definition) is 2. The van der Waals surface area contributed by atoms with Gasteiger partial charge in [0.05, 0.1) is 0 Å². The first-order chi connectivity index (χ1) is 8.63. The van der Waals surface area contributed by atoms with E-state index >= 15 is 0 Å². The molecule has 6 nitrogen and oxygen atoms in total. The molecule has 1 amide bonds. The van der Waals surface area contributed by atoms with E-state index in [4.69, 9.17) is 5.11 Å². The van der Waals surface area contributed by atoms with Crippen molar-refractivity contribution in [3.05, 3.63) is 35.4 Å². The number of aliphatic carboxylic acids is 1. The van der Waals surface area contributed by atoms with Gasteiger partial charge in [0.15, 0.2) is 11.6 Å². The first kappa shape index (κ1) is 11.8. The Kier molecular flexibility index (Phi) is 3.03. The van der Waals surface area contributed by atoms with Crippen LogP contribution in [0.5, 0.6) is 0 Å². The van der Waals surface area contributed by atoms with Crippen LogP contribution in [-0.2, 0) is 14.4 Å². The largest absolute Gasteiger partial charge is 0.477 e. The van der Waals surface area contributed by atoms with Crippen LogP contribution in [0.2, 0.25) is 0 Å². The Morgan fingerprint density at radius 1 is 1.39 bits per heavy atom. The minimum atomic E-state index is -1.49. The molecule has 0 spiro atoms. The first-order valence-corrected chi connectivity index (χ1v) is 5.05. The molecule has 1 heterocycles. The van der Waals surface area contributed by atoms with Gasteiger partial charge in [0.25, 0.3) is 5.91 Å². The zero-order valence-corrected chi connectivity index (χ0v) is 9.08. The highest BCUT2D eigenvalue weighted by molar-refractivity contribution is 6.10. The highest BCUT2D eigenvalue weighted by atomic mass is 16.4. The number of hydrogen-bond acceptors (Lipinski definition) is 4. The smallest absolute Gasteiger partial charge is 0.345 e. The summed E-state index contributed by atoms with van der Waals surface area (Å²) in [5, 5.41) is 11.5. The average molecular weight is 244 g/mol. The van der Waals surface area contributed by atoms with Gasteiger partial charge in [-0.05, 0) is 6.07 Å². The Morgan fingerprint density at radius 3 is 2.78 bits per heavy atom. The maximum Gasteiger partial charge on any atom is 0.345 e. The molecule has 18 heavy (non-hydrogen) atoms. The Labute approximate surface area is 102 Å². The fourth-order valence-electron chi connectivity index (χ4n) is 1.59. The SMILES string of the molecule is O=C=C(C(=O)O)C1Nc2ccccc2C=NC1=O. The van der Waals surface area contributed by atoms with Gasteiger partial charge in [0.2, 0.25) is 0 Å². The van der Waals surface area contributed by atoms with Crippen molar-refractivity contribution < 1.29 is 19.5 Å². The monoisotopic (exact) mass is 244 g/mol. The molecule has 1 atom stereocenters. The molecule has 1 aliphatic heterocycles. The molecule has 1 aromatic carbocycles. The van der Waals surface area contributed by atoms with Crippen molar-refractivity contribution in [1.82, 2.24) is 0 Å². The molecule has 0 bridgehead atoms. The fourth-order valence-corrected chi connectivity index (χ4v) is 1.59. The summed E-state index contributed by atoms with van der Waals surface area (Å²) in [6.45, 7) is 0. The molecule has 0 saturated carbocycles. The van der Waals surface area contributed by atoms with Crippen LogP contribution >= 0.6 is 0 Å². The summed E-state index contributed by atoms with van der Waals surface area (Å²) in [6.07, 6.45) is 1.33. The van der Waals surface area contributed by atoms with Gasteiger partial charge in [-0.1, -0.05) is 18.2 Å². The summed E-state index contributed by atoms with van der Waals surface area (Å²) >= 11 is 0. The van der Waals surface area contributed by atoms with Gasteiger partial charge in [0.1, 0.15) is 5.94 Å². The second-order valence-corrected chi connectivity index (χ2v) is 3.58. The van der Waals surface area contributed by atoms with Crippen LogP contribution in [0.1, 0.15) is 5.56 Å². The third kappa shape index (κ3) is 2.05. The quantitative estimate of drug-likeness (QED) is 0.575. The van der Waals surface area contributed by atoms with Crippen molar-refractivity contribution in [2.24, 2.45) is 4.99 Å². The number of fused-ring (bicyclic) bond motifs is 1. The number of carboxylic acid groups (broad SMARTS) is 1. The van der Waals surface area contributed by atoms with Gasteiger partial charge in [-0.15, -0.1) is 0 Å². The van der Waals surface area contributed by atoms with Gasteiger partial charge >= 0.3 is 5.97 Å². The van der Waals surface area contributed by atoms with E-state index in [2.05, 4.69) is 10.3 Å². The lowest BCUT2D eigenvalue weighted by Gasteiger charge is -2.14. The molecule has 0 fully saturated rings. The van der Waals surface area contributed by atoms with E-state index in [0.29, 0.717) is 11.3 Å². The number of aliphatic imine (C=N–C) groups is 1. The average Bonchev–Trinajstić information content (AvgIpc) is 2.51. The van der Waals surface area contributed by atoms with Crippen molar-refractivity contribution in [3.8, 4) is 0 Å². The summed E-state index contributed by atoms with van der Waals surface area (Å²) < 4.78 is 0. The standard InChI is InChI=1S/C12H8N2O4/c15-6-8(12(17)18)10-11(16)13-5-7-3-1-2-4-9(7)14-10/h1-5,10,14H,(H,17,18). The maximum atomic E-state index is 11.7. The topological polar surface area (TPSA) is 95.8 Å². The number of benzene rings is 1. The van der Waals surface area contributed by atoms with Crippen molar-refractivity contribution in [1.29, 1.82) is 0 Å². The lowest BCUT2D eigenvalue weighted by atomic mass is 10.1. The second kappa shape index (κ2) is 4.65. The van der Waals surface area contributed by atoms with Crippen LogP contribution in [-0.4, -0.2) is 35.2 Å². The van der Waals surface area contributed by atoms with Gasteiger partial charge in [-0.2, -0.15) is 0 Å². The van der Waals surface area contributed by atoms with Crippen molar-refractivity contribution >= 4 is 29.7 Å². The molecule has 2 rings (SSSR count). The predicted molar refractivity (Wildman–Crippen MR) is 63.3 cm³/mol. The number of rotatable bonds is 2. The molecule has 1 aliphatic rings. The molecule has 2 N–H and O–H groups in total. The van der Waals surface area contributed by atoms with Gasteiger partial charge in [-0.25, -0.2) is 14.6 Å². The van der Waals surface area contributed by atoms with Crippen molar-refractivity contribution in [3.63, 3.8) is 0 Å². The van der Waals surface area contributed by atoms with E-state index < -0.39 is 23.5 Å². The molecule has 6 heteroatoms. The van der Waals surface area contributed by atoms with E-state index in [0.717, 1.165) is 0 Å². The Morgan fingerprint density at radius 2 is 2.11 bits per heavy atom. The Bertz CT molecular complexity index is 600. The van der Waals surface area contributed by atoms with Crippen LogP contribution in [0.3, 0.4) is 0 Å². The Balaban J connectivity index is 2.47. The molecule has 0 aromatic heterocycles. The summed E-state index contributed by atoms with van der Waals surface area (Å²) in [4.78, 5) is 36.8. The summed E-state index contributed by atoms with van der Waals surface area (Å²) in [5.74, 6) is -0.968. The van der Waals surface area contributed by atoms with Crippen molar-refractivity contribution in [2.75, 3.05) is 5.32 Å². The summed E-state index contributed by atoms with van der Waals surface area (Å²) in [6, 6.07) is 5.53. The van der Waals surface area contributed by atoms with Gasteiger partial charge in [-0.3, -0.25) is 4.79 Å². The van der Waals surface area contributed by atoms with Crippen LogP contribution in [0, 0.1) is 0 Å². The second-order valence-electron chi connectivity index (χ2n) is 3.58. The van der Waals surface area contributed by atoms with Crippen LogP contribution in [0.4, 0.5) is 5.69 Å². The molecular formula is C12H8N2O4. The number of carboxylic acids is 1. The first-order valence-electron chi connectivity index (χ1n) is 5.05. The molecule has 0 aliphatic carbocycles. The third-order valence-electron chi connectivity index (χ3n) is 2.47. The van der Waals surface area contributed by atoms with E-state index in [-0.39, 0.29) is 0 Å². The maximum absolute atomic E-state index is 11.7. The highest BCUT2D eigenvalue weighted by Crippen LogP contribution is 2.19. The van der Waals surface area contributed by atoms with E-state index in [1.165, 1.54) is 12.2 Å². The Hall–Kier alpha value is -2.72. The minimum absolute atomic E-state index is 0.533. The lowest BCUT2D eigenvalue weighted by molar-refractivity contribution is -0.133. The number of anilines is 1. The number of benzodiazepines with no additional fused rings is 1. The lowest BCUT2D eigenvalue weighted by Crippen LogP contribution is -2.33. The predicted octanol–water partition coefficient (Wildman–Crippen LogP) is 0.269. The van der Waals surface area contributed by atoms with E-state index in [1.807, 2.05) is 0 Å². The van der Waals surface area contributed by atoms with Crippen LogP contribution in [0.15, 0.2) is 34.8 Å². The van der Waals surface area contributed by atoms with E-state index in [9.17, 15) is 14.4 Å². The number of amides is 1. The molecular weight excluding hydrogens is 236 g/mol. The number of nitrogens with one attached hydrogen (secondary N) is 1. The van der Waals surface area contributed by atoms with Gasteiger partial charge < -0.3 is 10.4 Å². The van der Waals surface area contributed by atoms with E-state index in [1.54, 1.807) is 24.3 Å². The molecule has 1 aromatic rings. The normalized spacial score (nSPS) is 17.1. The summed E-state index contributed by atoms with van der Waals surface area (Å²) in [5.41, 5.74) is 0.490. The molecule has 90 valence electrons. The minimum Gasteiger partial charge on any atom is -0.477 e. The fraction of sp³-hybridized carbons (Fsp3) is 0.0833. The molecule has 1 unspecified atom stereocenters. The zero-order valence-electron chi connectivity index (χ0n) is 9.08. The number of carbonyl (C=O) groups is 2. The summed E-state index contributed by atoms with van der Waals surface area (Å²) in [7, 11) is 0. The zero-order chi connectivity index (χ0) is 13.1. The number of carbonyl (C=O) groups excluding carboxylic acids is 2. The molecule has 0 radical (unpaired) electrons. The van der Waals surface area contributed by atoms with Crippen molar-refractivity contribution in [2.45, 2.75) is 6.04 Å².